The average molecular weight is 403 g/mol. The van der Waals surface area contributed by atoms with Crippen molar-refractivity contribution in [3.63, 3.8) is 0 Å². The zero-order valence-corrected chi connectivity index (χ0v) is 15.5. The first-order valence-corrected chi connectivity index (χ1v) is 9.29. The minimum atomic E-state index is 0.0676. The molecule has 0 unspecified atom stereocenters. The molecule has 0 amide bonds. The van der Waals surface area contributed by atoms with Crippen LogP contribution in [0, 0.1) is 0 Å². The molecule has 126 valence electrons. The van der Waals surface area contributed by atoms with E-state index in [4.69, 9.17) is 0 Å². The molecule has 2 aromatic heterocycles. The molecule has 5 rings (SSSR count). The number of fused-ring (bicyclic) bond motifs is 4. The molecule has 0 fully saturated rings. The second-order valence-electron chi connectivity index (χ2n) is 6.43. The number of aromatic amines is 1. The second-order valence-corrected chi connectivity index (χ2v) is 7.28. The zero-order chi connectivity index (χ0) is 17.7. The van der Waals surface area contributed by atoms with Gasteiger partial charge >= 0.3 is 0 Å². The van der Waals surface area contributed by atoms with E-state index in [9.17, 15) is 4.79 Å². The molecule has 0 aliphatic carbocycles. The Kier molecular flexibility index (Phi) is 3.47. The average Bonchev–Trinajstić information content (AvgIpc) is 3.07. The molecule has 0 bridgehead atoms. The highest BCUT2D eigenvalue weighted by atomic mass is 79.9. The fourth-order valence-corrected chi connectivity index (χ4v) is 4.27. The summed E-state index contributed by atoms with van der Waals surface area (Å²) < 4.78 is 3.13. The van der Waals surface area contributed by atoms with Crippen LogP contribution in [0.15, 0.2) is 82.1 Å². The first-order chi connectivity index (χ1) is 12.7. The summed E-state index contributed by atoms with van der Waals surface area (Å²) in [5.41, 5.74) is 4.03. The van der Waals surface area contributed by atoms with Gasteiger partial charge in [0.2, 0.25) is 0 Å². The van der Waals surface area contributed by atoms with Crippen LogP contribution in [0.1, 0.15) is 5.56 Å². The van der Waals surface area contributed by atoms with Crippen LogP contribution >= 0.6 is 15.9 Å². The van der Waals surface area contributed by atoms with Crippen molar-refractivity contribution in [3.8, 4) is 0 Å². The predicted molar refractivity (Wildman–Crippen MR) is 111 cm³/mol. The van der Waals surface area contributed by atoms with Crippen LogP contribution in [0.25, 0.3) is 32.8 Å². The first-order valence-electron chi connectivity index (χ1n) is 8.49. The third-order valence-electron chi connectivity index (χ3n) is 4.87. The lowest BCUT2D eigenvalue weighted by Crippen LogP contribution is -2.11. The van der Waals surface area contributed by atoms with Crippen molar-refractivity contribution >= 4 is 48.8 Å². The number of hydrogen-bond donors (Lipinski definition) is 1. The van der Waals surface area contributed by atoms with E-state index in [-0.39, 0.29) is 5.43 Å². The monoisotopic (exact) mass is 402 g/mol. The van der Waals surface area contributed by atoms with Gasteiger partial charge in [0.05, 0.1) is 10.9 Å². The van der Waals surface area contributed by atoms with Crippen molar-refractivity contribution in [2.45, 2.75) is 6.54 Å². The fraction of sp³-hybridized carbons (Fsp3) is 0.0455. The SMILES string of the molecule is O=c1c2ccccc2n(Cc2ccccc2)c2[nH]c3cccc(Br)c3c12. The molecule has 0 aliphatic rings. The van der Waals surface area contributed by atoms with Gasteiger partial charge in [-0.05, 0) is 29.8 Å². The number of rotatable bonds is 2. The van der Waals surface area contributed by atoms with Crippen molar-refractivity contribution in [1.82, 2.24) is 9.55 Å². The molecule has 2 heterocycles. The number of nitrogens with zero attached hydrogens (tertiary/aromatic N) is 1. The molecular weight excluding hydrogens is 388 g/mol. The first kappa shape index (κ1) is 15.4. The van der Waals surface area contributed by atoms with Gasteiger partial charge in [-0.15, -0.1) is 0 Å². The number of nitrogens with one attached hydrogen (secondary N) is 1. The lowest BCUT2D eigenvalue weighted by Gasteiger charge is -2.13. The molecule has 0 saturated carbocycles. The summed E-state index contributed by atoms with van der Waals surface area (Å²) in [6, 6.07) is 24.1. The van der Waals surface area contributed by atoms with E-state index in [1.165, 1.54) is 5.56 Å². The fourth-order valence-electron chi connectivity index (χ4n) is 3.70. The van der Waals surface area contributed by atoms with Crippen LogP contribution in [0.5, 0.6) is 0 Å². The summed E-state index contributed by atoms with van der Waals surface area (Å²) in [6.45, 7) is 0.697. The van der Waals surface area contributed by atoms with Gasteiger partial charge < -0.3 is 9.55 Å². The highest BCUT2D eigenvalue weighted by Gasteiger charge is 2.17. The van der Waals surface area contributed by atoms with E-state index < -0.39 is 0 Å². The maximum Gasteiger partial charge on any atom is 0.199 e. The summed E-state index contributed by atoms with van der Waals surface area (Å²) in [6.07, 6.45) is 0. The molecular formula is C22H15BrN2O. The van der Waals surface area contributed by atoms with Crippen molar-refractivity contribution in [2.75, 3.05) is 0 Å². The molecule has 26 heavy (non-hydrogen) atoms. The topological polar surface area (TPSA) is 37.8 Å². The highest BCUT2D eigenvalue weighted by molar-refractivity contribution is 9.10. The Hall–Kier alpha value is -2.85. The van der Waals surface area contributed by atoms with Crippen LogP contribution < -0.4 is 5.43 Å². The van der Waals surface area contributed by atoms with E-state index in [1.807, 2.05) is 60.7 Å². The van der Waals surface area contributed by atoms with Gasteiger partial charge in [0.15, 0.2) is 5.43 Å². The third-order valence-corrected chi connectivity index (χ3v) is 5.53. The molecule has 0 atom stereocenters. The Morgan fingerprint density at radius 3 is 2.46 bits per heavy atom. The van der Waals surface area contributed by atoms with E-state index >= 15 is 0 Å². The zero-order valence-electron chi connectivity index (χ0n) is 13.9. The van der Waals surface area contributed by atoms with Crippen molar-refractivity contribution in [1.29, 1.82) is 0 Å². The normalized spacial score (nSPS) is 11.6. The van der Waals surface area contributed by atoms with Gasteiger partial charge in [0.1, 0.15) is 5.65 Å². The molecule has 5 aromatic rings. The molecule has 3 aromatic carbocycles. The van der Waals surface area contributed by atoms with Gasteiger partial charge in [-0.25, -0.2) is 0 Å². The molecule has 0 radical (unpaired) electrons. The molecule has 0 saturated heterocycles. The van der Waals surface area contributed by atoms with E-state index in [1.54, 1.807) is 0 Å². The van der Waals surface area contributed by atoms with Gasteiger partial charge in [-0.2, -0.15) is 0 Å². The van der Waals surface area contributed by atoms with Crippen LogP contribution in [-0.4, -0.2) is 9.55 Å². The number of aromatic nitrogens is 2. The van der Waals surface area contributed by atoms with Crippen molar-refractivity contribution in [3.05, 3.63) is 93.1 Å². The van der Waals surface area contributed by atoms with Crippen molar-refractivity contribution < 1.29 is 0 Å². The van der Waals surface area contributed by atoms with Crippen LogP contribution in [0.2, 0.25) is 0 Å². The minimum Gasteiger partial charge on any atom is -0.340 e. The van der Waals surface area contributed by atoms with Crippen molar-refractivity contribution in [2.24, 2.45) is 0 Å². The Bertz CT molecular complexity index is 1330. The summed E-state index contributed by atoms with van der Waals surface area (Å²) in [4.78, 5) is 16.7. The largest absolute Gasteiger partial charge is 0.340 e. The summed E-state index contributed by atoms with van der Waals surface area (Å²) in [7, 11) is 0. The highest BCUT2D eigenvalue weighted by Crippen LogP contribution is 2.31. The number of para-hydroxylation sites is 1. The van der Waals surface area contributed by atoms with Gasteiger partial charge in [-0.1, -0.05) is 64.5 Å². The van der Waals surface area contributed by atoms with Crippen LogP contribution in [-0.2, 0) is 6.54 Å². The molecule has 0 aliphatic heterocycles. The van der Waals surface area contributed by atoms with Gasteiger partial charge in [-0.3, -0.25) is 4.79 Å². The molecule has 4 heteroatoms. The second kappa shape index (κ2) is 5.85. The minimum absolute atomic E-state index is 0.0676. The maximum absolute atomic E-state index is 13.3. The Morgan fingerprint density at radius 2 is 1.62 bits per heavy atom. The summed E-state index contributed by atoms with van der Waals surface area (Å²) in [5, 5.41) is 2.43. The Labute approximate surface area is 158 Å². The Morgan fingerprint density at radius 1 is 0.846 bits per heavy atom. The van der Waals surface area contributed by atoms with Crippen LogP contribution in [0.4, 0.5) is 0 Å². The quantitative estimate of drug-likeness (QED) is 0.418. The lowest BCUT2D eigenvalue weighted by atomic mass is 10.1. The number of hydrogen-bond acceptors (Lipinski definition) is 1. The van der Waals surface area contributed by atoms with Crippen LogP contribution in [0.3, 0.4) is 0 Å². The third kappa shape index (κ3) is 2.22. The number of pyridine rings is 1. The van der Waals surface area contributed by atoms with Gasteiger partial charge in [0, 0.05) is 27.3 Å². The summed E-state index contributed by atoms with van der Waals surface area (Å²) >= 11 is 3.62. The van der Waals surface area contributed by atoms with E-state index in [2.05, 4.69) is 37.6 Å². The predicted octanol–water partition coefficient (Wildman–Crippen LogP) is 5.45. The Balaban J connectivity index is 1.98. The number of halogens is 1. The van der Waals surface area contributed by atoms with E-state index in [0.29, 0.717) is 6.54 Å². The lowest BCUT2D eigenvalue weighted by molar-refractivity contribution is 0.853. The number of H-pyrrole nitrogens is 1. The number of benzene rings is 3. The van der Waals surface area contributed by atoms with E-state index in [0.717, 1.165) is 37.3 Å². The maximum atomic E-state index is 13.3. The molecule has 0 spiro atoms. The van der Waals surface area contributed by atoms with Gasteiger partial charge in [0.25, 0.3) is 0 Å². The smallest absolute Gasteiger partial charge is 0.199 e. The standard InChI is InChI=1S/C22H15BrN2O/c23-16-10-6-11-17-19(16)20-21(26)15-9-4-5-12-18(15)25(22(20)24-17)13-14-7-2-1-3-8-14/h1-12,24H,13H2. The summed E-state index contributed by atoms with van der Waals surface area (Å²) in [5.74, 6) is 0. The molecule has 1 N–H and O–H groups in total. The molecule has 3 nitrogen and oxygen atoms in total.